The predicted molar refractivity (Wildman–Crippen MR) is 77.2 cm³/mol. The van der Waals surface area contributed by atoms with Crippen molar-refractivity contribution in [2.24, 2.45) is 5.73 Å². The Hall–Kier alpha value is -1.23. The predicted octanol–water partition coefficient (Wildman–Crippen LogP) is 2.98. The van der Waals surface area contributed by atoms with Gasteiger partial charge in [0.1, 0.15) is 11.4 Å². The fourth-order valence-corrected chi connectivity index (χ4v) is 2.60. The van der Waals surface area contributed by atoms with E-state index >= 15 is 0 Å². The van der Waals surface area contributed by atoms with E-state index in [-0.39, 0.29) is 18.8 Å². The monoisotopic (exact) mass is 323 g/mol. The van der Waals surface area contributed by atoms with Crippen LogP contribution in [0.1, 0.15) is 11.1 Å². The molecular formula is C15H15BrFNO. The lowest BCUT2D eigenvalue weighted by Crippen LogP contribution is -2.37. The van der Waals surface area contributed by atoms with Gasteiger partial charge in [0, 0.05) is 17.4 Å². The standard InChI is InChI=1S/C15H15BrFNO/c16-13-6-11(7-14(17)8-13)9-15(19,10-18)12-4-2-1-3-5-12/h1-8,19H,9-10,18H2. The van der Waals surface area contributed by atoms with Crippen LogP contribution in [0.15, 0.2) is 53.0 Å². The zero-order valence-electron chi connectivity index (χ0n) is 10.3. The molecule has 0 aliphatic heterocycles. The summed E-state index contributed by atoms with van der Waals surface area (Å²) in [6.45, 7) is 0.0745. The van der Waals surface area contributed by atoms with Gasteiger partial charge in [0.05, 0.1) is 0 Å². The van der Waals surface area contributed by atoms with Gasteiger partial charge in [-0.05, 0) is 29.3 Å². The maximum absolute atomic E-state index is 13.4. The van der Waals surface area contributed by atoms with Crippen molar-refractivity contribution in [3.8, 4) is 0 Å². The third-order valence-corrected chi connectivity index (χ3v) is 3.53. The highest BCUT2D eigenvalue weighted by molar-refractivity contribution is 9.10. The Balaban J connectivity index is 2.33. The van der Waals surface area contributed by atoms with Gasteiger partial charge in [-0.1, -0.05) is 46.3 Å². The molecule has 0 spiro atoms. The van der Waals surface area contributed by atoms with E-state index in [0.29, 0.717) is 10.0 Å². The first-order chi connectivity index (χ1) is 9.03. The first-order valence-electron chi connectivity index (χ1n) is 5.96. The van der Waals surface area contributed by atoms with Crippen LogP contribution < -0.4 is 5.73 Å². The molecule has 0 saturated carbocycles. The molecule has 0 bridgehead atoms. The van der Waals surface area contributed by atoms with Crippen molar-refractivity contribution < 1.29 is 9.50 Å². The highest BCUT2D eigenvalue weighted by Crippen LogP contribution is 2.26. The van der Waals surface area contributed by atoms with Crippen LogP contribution in [0.25, 0.3) is 0 Å². The average Bonchev–Trinajstić information content (AvgIpc) is 2.38. The third kappa shape index (κ3) is 3.41. The normalized spacial score (nSPS) is 14.1. The SMILES string of the molecule is NCC(O)(Cc1cc(F)cc(Br)c1)c1ccccc1. The number of halogens is 2. The minimum absolute atomic E-state index is 0.0745. The Morgan fingerprint density at radius 3 is 2.42 bits per heavy atom. The van der Waals surface area contributed by atoms with Crippen LogP contribution in [0.2, 0.25) is 0 Å². The first kappa shape index (κ1) is 14.2. The van der Waals surface area contributed by atoms with Crippen LogP contribution in [-0.2, 0) is 12.0 Å². The summed E-state index contributed by atoms with van der Waals surface area (Å²) in [6.07, 6.45) is 0.268. The van der Waals surface area contributed by atoms with E-state index in [1.165, 1.54) is 12.1 Å². The quantitative estimate of drug-likeness (QED) is 0.908. The minimum Gasteiger partial charge on any atom is -0.383 e. The van der Waals surface area contributed by atoms with Gasteiger partial charge in [-0.15, -0.1) is 0 Å². The molecule has 19 heavy (non-hydrogen) atoms. The Morgan fingerprint density at radius 2 is 1.84 bits per heavy atom. The summed E-state index contributed by atoms with van der Waals surface area (Å²) in [5.41, 5.74) is 5.95. The topological polar surface area (TPSA) is 46.2 Å². The number of benzene rings is 2. The molecule has 2 nitrogen and oxygen atoms in total. The molecule has 1 atom stereocenters. The maximum atomic E-state index is 13.4. The summed E-state index contributed by atoms with van der Waals surface area (Å²) in [5, 5.41) is 10.7. The Labute approximate surface area is 120 Å². The fraction of sp³-hybridized carbons (Fsp3) is 0.200. The van der Waals surface area contributed by atoms with Gasteiger partial charge in [0.15, 0.2) is 0 Å². The van der Waals surface area contributed by atoms with E-state index in [4.69, 9.17) is 5.73 Å². The molecule has 0 amide bonds. The van der Waals surface area contributed by atoms with Crippen LogP contribution in [-0.4, -0.2) is 11.7 Å². The molecule has 0 aromatic heterocycles. The summed E-state index contributed by atoms with van der Waals surface area (Å²) >= 11 is 3.25. The molecule has 0 heterocycles. The van der Waals surface area contributed by atoms with Crippen LogP contribution in [0.3, 0.4) is 0 Å². The zero-order valence-corrected chi connectivity index (χ0v) is 11.9. The van der Waals surface area contributed by atoms with Gasteiger partial charge in [0.2, 0.25) is 0 Å². The van der Waals surface area contributed by atoms with Gasteiger partial charge in [0.25, 0.3) is 0 Å². The number of hydrogen-bond donors (Lipinski definition) is 2. The van der Waals surface area contributed by atoms with E-state index in [9.17, 15) is 9.50 Å². The Morgan fingerprint density at radius 1 is 1.16 bits per heavy atom. The highest BCUT2D eigenvalue weighted by atomic mass is 79.9. The van der Waals surface area contributed by atoms with Gasteiger partial charge in [-0.3, -0.25) is 0 Å². The molecule has 0 radical (unpaired) electrons. The third-order valence-electron chi connectivity index (χ3n) is 3.07. The van der Waals surface area contributed by atoms with Gasteiger partial charge < -0.3 is 10.8 Å². The van der Waals surface area contributed by atoms with Crippen molar-refractivity contribution in [3.63, 3.8) is 0 Å². The van der Waals surface area contributed by atoms with Crippen molar-refractivity contribution in [2.75, 3.05) is 6.54 Å². The zero-order chi connectivity index (χ0) is 13.9. The second-order valence-corrected chi connectivity index (χ2v) is 5.47. The van der Waals surface area contributed by atoms with Crippen molar-refractivity contribution in [3.05, 3.63) is 69.9 Å². The second-order valence-electron chi connectivity index (χ2n) is 4.56. The molecule has 100 valence electrons. The van der Waals surface area contributed by atoms with E-state index in [1.54, 1.807) is 6.07 Å². The average molecular weight is 324 g/mol. The molecule has 2 aromatic rings. The molecule has 2 aromatic carbocycles. The van der Waals surface area contributed by atoms with Gasteiger partial charge >= 0.3 is 0 Å². The van der Waals surface area contributed by atoms with Crippen LogP contribution >= 0.6 is 15.9 Å². The molecule has 1 unspecified atom stereocenters. The molecule has 0 saturated heterocycles. The van der Waals surface area contributed by atoms with Gasteiger partial charge in [-0.2, -0.15) is 0 Å². The second kappa shape index (κ2) is 5.82. The lowest BCUT2D eigenvalue weighted by Gasteiger charge is -2.27. The molecule has 3 N–H and O–H groups in total. The van der Waals surface area contributed by atoms with Crippen molar-refractivity contribution in [1.82, 2.24) is 0 Å². The van der Waals surface area contributed by atoms with Crippen LogP contribution in [0, 0.1) is 5.82 Å². The lowest BCUT2D eigenvalue weighted by atomic mass is 9.87. The van der Waals surface area contributed by atoms with Crippen molar-refractivity contribution >= 4 is 15.9 Å². The summed E-state index contributed by atoms with van der Waals surface area (Å²) in [6, 6.07) is 13.8. The van der Waals surface area contributed by atoms with Crippen molar-refractivity contribution in [1.29, 1.82) is 0 Å². The summed E-state index contributed by atoms with van der Waals surface area (Å²) < 4.78 is 14.0. The smallest absolute Gasteiger partial charge is 0.124 e. The van der Waals surface area contributed by atoms with Crippen molar-refractivity contribution in [2.45, 2.75) is 12.0 Å². The molecule has 4 heteroatoms. The van der Waals surface area contributed by atoms with Gasteiger partial charge in [-0.25, -0.2) is 4.39 Å². The lowest BCUT2D eigenvalue weighted by molar-refractivity contribution is 0.0462. The summed E-state index contributed by atoms with van der Waals surface area (Å²) in [4.78, 5) is 0. The van der Waals surface area contributed by atoms with E-state index in [0.717, 1.165) is 5.56 Å². The van der Waals surface area contributed by atoms with E-state index in [2.05, 4.69) is 15.9 Å². The fourth-order valence-electron chi connectivity index (χ4n) is 2.09. The molecule has 0 aliphatic carbocycles. The van der Waals surface area contributed by atoms with Crippen LogP contribution in [0.4, 0.5) is 4.39 Å². The summed E-state index contributed by atoms with van der Waals surface area (Å²) in [5.74, 6) is -0.336. The number of rotatable bonds is 4. The minimum atomic E-state index is -1.19. The molecule has 0 aliphatic rings. The van der Waals surface area contributed by atoms with Crippen LogP contribution in [0.5, 0.6) is 0 Å². The first-order valence-corrected chi connectivity index (χ1v) is 6.76. The van der Waals surface area contributed by atoms with E-state index in [1.807, 2.05) is 30.3 Å². The highest BCUT2D eigenvalue weighted by Gasteiger charge is 2.28. The molecule has 0 fully saturated rings. The number of nitrogens with two attached hydrogens (primary N) is 1. The Kier molecular flexibility index (Phi) is 4.34. The number of aliphatic hydroxyl groups is 1. The summed E-state index contributed by atoms with van der Waals surface area (Å²) in [7, 11) is 0. The largest absolute Gasteiger partial charge is 0.383 e. The maximum Gasteiger partial charge on any atom is 0.124 e. The molecular weight excluding hydrogens is 309 g/mol. The van der Waals surface area contributed by atoms with E-state index < -0.39 is 5.60 Å². The number of hydrogen-bond acceptors (Lipinski definition) is 2. The Bertz CT molecular complexity index is 541. The molecule has 2 rings (SSSR count).